The largest absolute Gasteiger partial charge is 0.486 e. The highest BCUT2D eigenvalue weighted by atomic mass is 32.1. The molecule has 0 N–H and O–H groups in total. The maximum Gasteiger partial charge on any atom is 0.273 e. The minimum absolute atomic E-state index is 0.0354. The standard InChI is InChI=1S/C27H30FN3O3S/c1-5-30(4)27(33)23-16-35-24(29-23)15-34-21-10-9-18-11-12-31(26(32)17(2)3)25(22(18)14-21)19-7-6-8-20(28)13-19/h6-10,13-14,16-17,25H,5,11-12,15H2,1-4H3/t25-/m1/s1. The number of ether oxygens (including phenoxy) is 1. The van der Waals surface area contributed by atoms with Crippen molar-refractivity contribution >= 4 is 23.2 Å². The molecule has 1 aliphatic heterocycles. The van der Waals surface area contributed by atoms with E-state index in [9.17, 15) is 14.0 Å². The number of hydrogen-bond donors (Lipinski definition) is 0. The fourth-order valence-corrected chi connectivity index (χ4v) is 4.93. The van der Waals surface area contributed by atoms with Gasteiger partial charge < -0.3 is 14.5 Å². The van der Waals surface area contributed by atoms with Gasteiger partial charge in [0.15, 0.2) is 0 Å². The minimum Gasteiger partial charge on any atom is -0.486 e. The lowest BCUT2D eigenvalue weighted by Gasteiger charge is -2.39. The van der Waals surface area contributed by atoms with E-state index in [1.165, 1.54) is 23.5 Å². The topological polar surface area (TPSA) is 62.7 Å². The Morgan fingerprint density at radius 2 is 2.06 bits per heavy atom. The molecule has 0 fully saturated rings. The summed E-state index contributed by atoms with van der Waals surface area (Å²) in [6.45, 7) is 7.09. The van der Waals surface area contributed by atoms with Crippen molar-refractivity contribution in [3.05, 3.63) is 81.1 Å². The Morgan fingerprint density at radius 1 is 1.26 bits per heavy atom. The normalized spacial score (nSPS) is 15.1. The van der Waals surface area contributed by atoms with Crippen molar-refractivity contribution in [3.8, 4) is 5.75 Å². The second-order valence-corrected chi connectivity index (χ2v) is 9.93. The summed E-state index contributed by atoms with van der Waals surface area (Å²) in [6, 6.07) is 11.9. The number of thiazole rings is 1. The quantitative estimate of drug-likeness (QED) is 0.458. The van der Waals surface area contributed by atoms with E-state index in [1.807, 2.05) is 49.9 Å². The molecule has 1 aromatic heterocycles. The Balaban J connectivity index is 1.60. The third kappa shape index (κ3) is 5.37. The van der Waals surface area contributed by atoms with Gasteiger partial charge in [-0.25, -0.2) is 9.37 Å². The van der Waals surface area contributed by atoms with Gasteiger partial charge in [0.25, 0.3) is 5.91 Å². The molecule has 6 nitrogen and oxygen atoms in total. The third-order valence-electron chi connectivity index (χ3n) is 6.24. The van der Waals surface area contributed by atoms with Crippen LogP contribution in [0.3, 0.4) is 0 Å². The summed E-state index contributed by atoms with van der Waals surface area (Å²) in [5, 5.41) is 2.45. The van der Waals surface area contributed by atoms with Gasteiger partial charge in [0.2, 0.25) is 5.91 Å². The Bertz CT molecular complexity index is 1230. The first-order valence-corrected chi connectivity index (χ1v) is 12.7. The number of carbonyl (C=O) groups excluding carboxylic acids is 2. The van der Waals surface area contributed by atoms with E-state index < -0.39 is 0 Å². The molecule has 2 aromatic carbocycles. The predicted molar refractivity (Wildman–Crippen MR) is 134 cm³/mol. The summed E-state index contributed by atoms with van der Waals surface area (Å²) in [4.78, 5) is 33.3. The zero-order valence-corrected chi connectivity index (χ0v) is 21.3. The minimum atomic E-state index is -0.387. The van der Waals surface area contributed by atoms with Crippen molar-refractivity contribution < 1.29 is 18.7 Å². The number of benzene rings is 2. The van der Waals surface area contributed by atoms with E-state index >= 15 is 0 Å². The lowest BCUT2D eigenvalue weighted by atomic mass is 9.87. The van der Waals surface area contributed by atoms with E-state index in [0.717, 1.165) is 23.1 Å². The molecule has 0 aliphatic carbocycles. The molecule has 0 saturated heterocycles. The van der Waals surface area contributed by atoms with E-state index in [4.69, 9.17) is 4.74 Å². The van der Waals surface area contributed by atoms with Crippen molar-refractivity contribution in [3.63, 3.8) is 0 Å². The molecule has 1 atom stereocenters. The average molecular weight is 496 g/mol. The lowest BCUT2D eigenvalue weighted by molar-refractivity contribution is -0.136. The van der Waals surface area contributed by atoms with Crippen molar-refractivity contribution in [1.82, 2.24) is 14.8 Å². The summed E-state index contributed by atoms with van der Waals surface area (Å²) in [5.74, 6) is 0.0602. The van der Waals surface area contributed by atoms with Gasteiger partial charge in [-0.1, -0.05) is 32.0 Å². The number of aromatic nitrogens is 1. The van der Waals surface area contributed by atoms with Crippen molar-refractivity contribution in [2.75, 3.05) is 20.1 Å². The Kier molecular flexibility index (Phi) is 7.50. The smallest absolute Gasteiger partial charge is 0.273 e. The molecule has 0 radical (unpaired) electrons. The summed E-state index contributed by atoms with van der Waals surface area (Å²) < 4.78 is 20.2. The van der Waals surface area contributed by atoms with Crippen LogP contribution < -0.4 is 4.74 Å². The number of fused-ring (bicyclic) bond motifs is 1. The molecular weight excluding hydrogens is 465 g/mol. The van der Waals surface area contributed by atoms with Gasteiger partial charge in [0, 0.05) is 31.4 Å². The van der Waals surface area contributed by atoms with Gasteiger partial charge in [-0.3, -0.25) is 9.59 Å². The molecule has 184 valence electrons. The van der Waals surface area contributed by atoms with Gasteiger partial charge in [-0.05, 0) is 54.3 Å². The van der Waals surface area contributed by atoms with E-state index in [0.29, 0.717) is 29.5 Å². The second-order valence-electron chi connectivity index (χ2n) is 8.99. The number of carbonyl (C=O) groups is 2. The predicted octanol–water partition coefficient (Wildman–Crippen LogP) is 5.08. The van der Waals surface area contributed by atoms with Gasteiger partial charge in [0.1, 0.15) is 28.9 Å². The molecule has 0 unspecified atom stereocenters. The summed E-state index contributed by atoms with van der Waals surface area (Å²) in [7, 11) is 1.74. The van der Waals surface area contributed by atoms with Crippen LogP contribution in [-0.2, 0) is 17.8 Å². The Morgan fingerprint density at radius 3 is 2.77 bits per heavy atom. The monoisotopic (exact) mass is 495 g/mol. The van der Waals surface area contributed by atoms with Gasteiger partial charge in [0.05, 0.1) is 6.04 Å². The first-order chi connectivity index (χ1) is 16.8. The van der Waals surface area contributed by atoms with Crippen LogP contribution in [0.4, 0.5) is 4.39 Å². The van der Waals surface area contributed by atoms with Gasteiger partial charge >= 0.3 is 0 Å². The van der Waals surface area contributed by atoms with E-state index in [1.54, 1.807) is 23.4 Å². The summed E-state index contributed by atoms with van der Waals surface area (Å²) >= 11 is 1.38. The SMILES string of the molecule is CCN(C)C(=O)c1csc(COc2ccc3c(c2)[C@@H](c2cccc(F)c2)N(C(=O)C(C)C)CC3)n1. The van der Waals surface area contributed by atoms with E-state index in [2.05, 4.69) is 4.98 Å². The van der Waals surface area contributed by atoms with Crippen LogP contribution in [0, 0.1) is 11.7 Å². The first kappa shape index (κ1) is 24.9. The first-order valence-electron chi connectivity index (χ1n) is 11.8. The van der Waals surface area contributed by atoms with Gasteiger partial charge in [-0.2, -0.15) is 0 Å². The summed E-state index contributed by atoms with van der Waals surface area (Å²) in [6.07, 6.45) is 0.725. The Hall–Kier alpha value is -3.26. The summed E-state index contributed by atoms with van der Waals surface area (Å²) in [5.41, 5.74) is 3.20. The van der Waals surface area contributed by atoms with Crippen LogP contribution in [0.1, 0.15) is 59.0 Å². The fraction of sp³-hybridized carbons (Fsp3) is 0.370. The molecule has 4 rings (SSSR count). The maximum atomic E-state index is 14.1. The molecule has 2 heterocycles. The molecule has 0 bridgehead atoms. The highest BCUT2D eigenvalue weighted by Crippen LogP contribution is 2.38. The van der Waals surface area contributed by atoms with Crippen molar-refractivity contribution in [1.29, 1.82) is 0 Å². The van der Waals surface area contributed by atoms with Crippen molar-refractivity contribution in [2.45, 2.75) is 39.8 Å². The number of halogens is 1. The van der Waals surface area contributed by atoms with Crippen LogP contribution in [0.5, 0.6) is 5.75 Å². The molecule has 0 saturated carbocycles. The van der Waals surface area contributed by atoms with Crippen molar-refractivity contribution in [2.24, 2.45) is 5.92 Å². The van der Waals surface area contributed by atoms with Crippen LogP contribution >= 0.6 is 11.3 Å². The number of hydrogen-bond acceptors (Lipinski definition) is 5. The van der Waals surface area contributed by atoms with Crippen LogP contribution in [0.15, 0.2) is 47.8 Å². The number of rotatable bonds is 7. The van der Waals surface area contributed by atoms with Crippen LogP contribution in [0.25, 0.3) is 0 Å². The zero-order valence-electron chi connectivity index (χ0n) is 20.5. The molecule has 35 heavy (non-hydrogen) atoms. The molecule has 2 amide bonds. The second kappa shape index (κ2) is 10.6. The Labute approximate surface area is 209 Å². The lowest BCUT2D eigenvalue weighted by Crippen LogP contribution is -2.42. The molecular formula is C27H30FN3O3S. The van der Waals surface area contributed by atoms with Gasteiger partial charge in [-0.15, -0.1) is 11.3 Å². The molecule has 3 aromatic rings. The van der Waals surface area contributed by atoms with Crippen LogP contribution in [0.2, 0.25) is 0 Å². The maximum absolute atomic E-state index is 14.1. The fourth-order valence-electron chi connectivity index (χ4n) is 4.25. The van der Waals surface area contributed by atoms with E-state index in [-0.39, 0.29) is 36.2 Å². The highest BCUT2D eigenvalue weighted by Gasteiger charge is 2.33. The average Bonchev–Trinajstić information content (AvgIpc) is 3.34. The molecule has 0 spiro atoms. The van der Waals surface area contributed by atoms with Crippen LogP contribution in [-0.4, -0.2) is 46.7 Å². The third-order valence-corrected chi connectivity index (χ3v) is 7.06. The molecule has 1 aliphatic rings. The molecule has 8 heteroatoms. The highest BCUT2D eigenvalue weighted by molar-refractivity contribution is 7.09. The zero-order chi connectivity index (χ0) is 25.1. The number of nitrogens with zero attached hydrogens (tertiary/aromatic N) is 3. The number of amides is 2.